The maximum absolute atomic E-state index is 6.14. The number of hydrogen-bond acceptors (Lipinski definition) is 4. The third-order valence-electron chi connectivity index (χ3n) is 4.18. The van der Waals surface area contributed by atoms with E-state index in [1.54, 1.807) is 7.11 Å². The van der Waals surface area contributed by atoms with Crippen LogP contribution in [0.3, 0.4) is 0 Å². The highest BCUT2D eigenvalue weighted by molar-refractivity contribution is 7.99. The Morgan fingerprint density at radius 2 is 2.45 bits per heavy atom. The van der Waals surface area contributed by atoms with E-state index in [9.17, 15) is 0 Å². The second-order valence-corrected chi connectivity index (χ2v) is 7.02. The zero-order chi connectivity index (χ0) is 14.0. The van der Waals surface area contributed by atoms with Crippen LogP contribution in [0.4, 0.5) is 0 Å². The summed E-state index contributed by atoms with van der Waals surface area (Å²) < 4.78 is 11.2. The molecule has 5 heteroatoms. The molecule has 1 fully saturated rings. The van der Waals surface area contributed by atoms with Crippen molar-refractivity contribution in [3.05, 3.63) is 28.8 Å². The van der Waals surface area contributed by atoms with Gasteiger partial charge in [-0.3, -0.25) is 0 Å². The average Bonchev–Trinajstić information content (AvgIpc) is 2.94. The lowest BCUT2D eigenvalue weighted by molar-refractivity contribution is -0.0176. The van der Waals surface area contributed by atoms with Crippen molar-refractivity contribution in [2.45, 2.75) is 29.4 Å². The molecule has 1 aromatic carbocycles. The summed E-state index contributed by atoms with van der Waals surface area (Å²) in [7, 11) is 1.78. The van der Waals surface area contributed by atoms with E-state index in [1.165, 1.54) is 10.5 Å². The van der Waals surface area contributed by atoms with E-state index in [0.29, 0.717) is 12.6 Å². The molecule has 20 heavy (non-hydrogen) atoms. The predicted octanol–water partition coefficient (Wildman–Crippen LogP) is 3.27. The van der Waals surface area contributed by atoms with Crippen LogP contribution in [0.1, 0.15) is 24.4 Å². The van der Waals surface area contributed by atoms with Crippen LogP contribution < -0.4 is 5.32 Å². The summed E-state index contributed by atoms with van der Waals surface area (Å²) in [6.07, 6.45) is 2.08. The van der Waals surface area contributed by atoms with Crippen molar-refractivity contribution in [3.8, 4) is 0 Å². The summed E-state index contributed by atoms with van der Waals surface area (Å²) in [5, 5.41) is 4.47. The van der Waals surface area contributed by atoms with Gasteiger partial charge in [-0.25, -0.2) is 0 Å². The molecule has 0 saturated carbocycles. The van der Waals surface area contributed by atoms with Crippen LogP contribution in [0.2, 0.25) is 5.02 Å². The van der Waals surface area contributed by atoms with Gasteiger partial charge in [-0.05, 0) is 35.9 Å². The van der Waals surface area contributed by atoms with Crippen molar-refractivity contribution in [3.63, 3.8) is 0 Å². The van der Waals surface area contributed by atoms with E-state index in [1.807, 2.05) is 17.8 Å². The minimum absolute atomic E-state index is 0.163. The van der Waals surface area contributed by atoms with Crippen LogP contribution in [0.25, 0.3) is 0 Å². The number of halogens is 1. The molecule has 1 saturated heterocycles. The van der Waals surface area contributed by atoms with Crippen molar-refractivity contribution in [2.24, 2.45) is 0 Å². The molecule has 2 heterocycles. The molecule has 0 spiro atoms. The highest BCUT2D eigenvalue weighted by atomic mass is 35.5. The highest BCUT2D eigenvalue weighted by Gasteiger charge is 2.35. The first-order chi connectivity index (χ1) is 9.72. The van der Waals surface area contributed by atoms with Crippen LogP contribution in [-0.4, -0.2) is 38.2 Å². The molecule has 1 N–H and O–H groups in total. The average molecular weight is 314 g/mol. The second-order valence-electron chi connectivity index (χ2n) is 5.44. The van der Waals surface area contributed by atoms with Gasteiger partial charge in [0.05, 0.1) is 6.61 Å². The number of rotatable bonds is 4. The van der Waals surface area contributed by atoms with Gasteiger partial charge in [0.1, 0.15) is 5.60 Å². The predicted molar refractivity (Wildman–Crippen MR) is 82.7 cm³/mol. The minimum Gasteiger partial charge on any atom is -0.378 e. The number of hydrogen-bond donors (Lipinski definition) is 1. The number of thioether (sulfide) groups is 1. The lowest BCUT2D eigenvalue weighted by Crippen LogP contribution is -2.44. The Bertz CT molecular complexity index is 477. The maximum atomic E-state index is 6.14. The van der Waals surface area contributed by atoms with Gasteiger partial charge in [-0.1, -0.05) is 11.6 Å². The first-order valence-electron chi connectivity index (χ1n) is 7.01. The second kappa shape index (κ2) is 6.24. The molecule has 1 aromatic rings. The Morgan fingerprint density at radius 1 is 1.55 bits per heavy atom. The zero-order valence-electron chi connectivity index (χ0n) is 11.7. The van der Waals surface area contributed by atoms with E-state index >= 15 is 0 Å². The van der Waals surface area contributed by atoms with Crippen LogP contribution in [-0.2, 0) is 9.47 Å². The lowest BCUT2D eigenvalue weighted by atomic mass is 9.99. The van der Waals surface area contributed by atoms with Crippen molar-refractivity contribution in [1.82, 2.24) is 5.32 Å². The molecule has 0 aromatic heterocycles. The van der Waals surface area contributed by atoms with Crippen molar-refractivity contribution in [2.75, 3.05) is 32.6 Å². The summed E-state index contributed by atoms with van der Waals surface area (Å²) in [4.78, 5) is 1.34. The third-order valence-corrected chi connectivity index (χ3v) is 5.54. The first kappa shape index (κ1) is 14.7. The van der Waals surface area contributed by atoms with E-state index in [4.69, 9.17) is 21.1 Å². The molecule has 0 amide bonds. The van der Waals surface area contributed by atoms with E-state index in [2.05, 4.69) is 17.4 Å². The van der Waals surface area contributed by atoms with Gasteiger partial charge in [0.25, 0.3) is 0 Å². The van der Waals surface area contributed by atoms with Gasteiger partial charge in [-0.15, -0.1) is 11.8 Å². The van der Waals surface area contributed by atoms with E-state index in [0.717, 1.165) is 36.8 Å². The Kier molecular flexibility index (Phi) is 4.58. The number of fused-ring (bicyclic) bond motifs is 1. The number of nitrogens with one attached hydrogen (secondary N) is 1. The molecular weight excluding hydrogens is 294 g/mol. The van der Waals surface area contributed by atoms with Crippen molar-refractivity contribution >= 4 is 23.4 Å². The van der Waals surface area contributed by atoms with Crippen LogP contribution >= 0.6 is 23.4 Å². The Balaban J connectivity index is 1.71. The summed E-state index contributed by atoms with van der Waals surface area (Å²) in [6, 6.07) is 6.54. The fourth-order valence-electron chi connectivity index (χ4n) is 2.85. The molecule has 2 atom stereocenters. The van der Waals surface area contributed by atoms with Crippen LogP contribution in [0, 0.1) is 0 Å². The summed E-state index contributed by atoms with van der Waals surface area (Å²) in [5.74, 6) is 1.14. The SMILES string of the molecule is COC1(CNC2CCSc3ccc(Cl)cc32)CCOC1. The number of benzene rings is 1. The fraction of sp³-hybridized carbons (Fsp3) is 0.600. The molecule has 2 aliphatic rings. The van der Waals surface area contributed by atoms with Crippen LogP contribution in [0.5, 0.6) is 0 Å². The maximum Gasteiger partial charge on any atom is 0.106 e. The monoisotopic (exact) mass is 313 g/mol. The Labute approximate surface area is 129 Å². The van der Waals surface area contributed by atoms with E-state index in [-0.39, 0.29) is 5.60 Å². The molecule has 2 aliphatic heterocycles. The van der Waals surface area contributed by atoms with Crippen molar-refractivity contribution < 1.29 is 9.47 Å². The molecule has 0 radical (unpaired) electrons. The molecule has 110 valence electrons. The summed E-state index contributed by atoms with van der Waals surface area (Å²) in [6.45, 7) is 2.30. The number of ether oxygens (including phenoxy) is 2. The fourth-order valence-corrected chi connectivity index (χ4v) is 4.13. The minimum atomic E-state index is -0.163. The lowest BCUT2D eigenvalue weighted by Gasteiger charge is -2.31. The Hall–Kier alpha value is -0.260. The van der Waals surface area contributed by atoms with Gasteiger partial charge < -0.3 is 14.8 Å². The summed E-state index contributed by atoms with van der Waals surface area (Å²) >= 11 is 8.05. The molecule has 3 nitrogen and oxygen atoms in total. The largest absolute Gasteiger partial charge is 0.378 e. The van der Waals surface area contributed by atoms with Gasteiger partial charge in [-0.2, -0.15) is 0 Å². The zero-order valence-corrected chi connectivity index (χ0v) is 13.2. The molecular formula is C15H20ClNO2S. The number of methoxy groups -OCH3 is 1. The third kappa shape index (κ3) is 3.00. The molecule has 3 rings (SSSR count). The first-order valence-corrected chi connectivity index (χ1v) is 8.37. The molecule has 0 aliphatic carbocycles. The Morgan fingerprint density at radius 3 is 3.20 bits per heavy atom. The molecule has 2 unspecified atom stereocenters. The van der Waals surface area contributed by atoms with E-state index < -0.39 is 0 Å². The topological polar surface area (TPSA) is 30.5 Å². The van der Waals surface area contributed by atoms with Gasteiger partial charge in [0, 0.05) is 42.6 Å². The van der Waals surface area contributed by atoms with Gasteiger partial charge in [0.15, 0.2) is 0 Å². The molecule has 0 bridgehead atoms. The standard InChI is InChI=1S/C15H20ClNO2S/c1-18-15(5-6-19-10-15)9-17-13-4-7-20-14-3-2-11(16)8-12(13)14/h2-3,8,13,17H,4-7,9-10H2,1H3. The smallest absolute Gasteiger partial charge is 0.106 e. The normalized spacial score (nSPS) is 29.4. The van der Waals surface area contributed by atoms with Crippen molar-refractivity contribution in [1.29, 1.82) is 0 Å². The van der Waals surface area contributed by atoms with Gasteiger partial charge >= 0.3 is 0 Å². The highest BCUT2D eigenvalue weighted by Crippen LogP contribution is 2.38. The summed E-state index contributed by atoms with van der Waals surface area (Å²) in [5.41, 5.74) is 1.16. The van der Waals surface area contributed by atoms with Crippen LogP contribution in [0.15, 0.2) is 23.1 Å². The quantitative estimate of drug-likeness (QED) is 0.924. The van der Waals surface area contributed by atoms with Gasteiger partial charge in [0.2, 0.25) is 0 Å².